The average molecular weight is 664 g/mol. The summed E-state index contributed by atoms with van der Waals surface area (Å²) in [5.74, 6) is 0. The SMILES string of the molecule is c1ccc(-c2cccc(N(c3ccc(-c4ccc5ccccc5c4)cc3)c3ccc(-c4ccc5c(ccc6c7ccccc7oc56)c4)cc3)c2)cc1. The van der Waals surface area contributed by atoms with Gasteiger partial charge < -0.3 is 9.32 Å². The Balaban J connectivity index is 1.03. The van der Waals surface area contributed by atoms with Gasteiger partial charge in [0.25, 0.3) is 0 Å². The van der Waals surface area contributed by atoms with Gasteiger partial charge in [-0.3, -0.25) is 0 Å². The summed E-state index contributed by atoms with van der Waals surface area (Å²) in [6, 6.07) is 71.8. The van der Waals surface area contributed by atoms with Crippen LogP contribution in [0.25, 0.3) is 76.9 Å². The first-order valence-electron chi connectivity index (χ1n) is 17.7. The van der Waals surface area contributed by atoms with Crippen LogP contribution in [0.3, 0.4) is 0 Å². The van der Waals surface area contributed by atoms with Crippen LogP contribution < -0.4 is 4.90 Å². The van der Waals surface area contributed by atoms with Crippen molar-refractivity contribution in [1.29, 1.82) is 0 Å². The number of para-hydroxylation sites is 1. The summed E-state index contributed by atoms with van der Waals surface area (Å²) >= 11 is 0. The highest BCUT2D eigenvalue weighted by Crippen LogP contribution is 2.40. The standard InChI is InChI=1S/C50H33NO/c1-2-9-34(10-3-1)39-13-8-14-45(33-39)51(43-25-19-36(20-26-43)40-18-17-35-11-4-5-12-38(35)31-40)44-27-21-37(22-28-44)41-23-29-46-42(32-41)24-30-48-47-15-6-7-16-49(47)52-50(46)48/h1-33H. The summed E-state index contributed by atoms with van der Waals surface area (Å²) in [4.78, 5) is 2.35. The molecule has 0 aliphatic rings. The Morgan fingerprint density at radius 2 is 0.827 bits per heavy atom. The molecule has 10 rings (SSSR count). The van der Waals surface area contributed by atoms with E-state index in [2.05, 4.69) is 193 Å². The molecule has 2 nitrogen and oxygen atoms in total. The number of rotatable bonds is 6. The highest BCUT2D eigenvalue weighted by Gasteiger charge is 2.15. The number of furan rings is 1. The third-order valence-corrected chi connectivity index (χ3v) is 10.2. The van der Waals surface area contributed by atoms with E-state index in [1.165, 1.54) is 49.5 Å². The maximum atomic E-state index is 6.32. The maximum Gasteiger partial charge on any atom is 0.143 e. The zero-order valence-electron chi connectivity index (χ0n) is 28.4. The van der Waals surface area contributed by atoms with E-state index >= 15 is 0 Å². The molecule has 10 aromatic rings. The predicted octanol–water partition coefficient (Wildman–Crippen LogP) is 14.4. The first kappa shape index (κ1) is 30.0. The van der Waals surface area contributed by atoms with Gasteiger partial charge in [-0.2, -0.15) is 0 Å². The van der Waals surface area contributed by atoms with Gasteiger partial charge in [0.2, 0.25) is 0 Å². The molecule has 1 heterocycles. The zero-order valence-corrected chi connectivity index (χ0v) is 28.4. The van der Waals surface area contributed by atoms with Crippen LogP contribution in [0.15, 0.2) is 205 Å². The fourth-order valence-corrected chi connectivity index (χ4v) is 7.57. The van der Waals surface area contributed by atoms with Crippen molar-refractivity contribution in [2.24, 2.45) is 0 Å². The van der Waals surface area contributed by atoms with Gasteiger partial charge in [0.1, 0.15) is 11.2 Å². The molecule has 0 saturated heterocycles. The molecule has 52 heavy (non-hydrogen) atoms. The van der Waals surface area contributed by atoms with Crippen LogP contribution in [0.1, 0.15) is 0 Å². The number of benzene rings is 9. The molecular formula is C50H33NO. The Labute approximate surface area is 302 Å². The first-order valence-corrected chi connectivity index (χ1v) is 17.7. The van der Waals surface area contributed by atoms with Gasteiger partial charge in [-0.15, -0.1) is 0 Å². The molecule has 0 spiro atoms. The predicted molar refractivity (Wildman–Crippen MR) is 220 cm³/mol. The molecule has 0 radical (unpaired) electrons. The molecule has 0 aliphatic carbocycles. The quantitative estimate of drug-likeness (QED) is 0.176. The Hall–Kier alpha value is -6.90. The second-order valence-corrected chi connectivity index (χ2v) is 13.4. The first-order chi connectivity index (χ1) is 25.7. The van der Waals surface area contributed by atoms with Crippen LogP contribution >= 0.6 is 0 Å². The third kappa shape index (κ3) is 5.30. The lowest BCUT2D eigenvalue weighted by Crippen LogP contribution is -2.10. The smallest absolute Gasteiger partial charge is 0.143 e. The molecule has 1 aromatic heterocycles. The summed E-state index contributed by atoms with van der Waals surface area (Å²) in [6.07, 6.45) is 0. The van der Waals surface area contributed by atoms with Gasteiger partial charge in [-0.05, 0) is 116 Å². The van der Waals surface area contributed by atoms with Crippen molar-refractivity contribution in [2.75, 3.05) is 4.90 Å². The average Bonchev–Trinajstić information content (AvgIpc) is 3.61. The molecule has 9 aromatic carbocycles. The summed E-state index contributed by atoms with van der Waals surface area (Å²) in [6.45, 7) is 0. The second kappa shape index (κ2) is 12.5. The topological polar surface area (TPSA) is 16.4 Å². The highest BCUT2D eigenvalue weighted by molar-refractivity contribution is 6.15. The van der Waals surface area contributed by atoms with Gasteiger partial charge in [-0.1, -0.05) is 133 Å². The number of hydrogen-bond donors (Lipinski definition) is 0. The summed E-state index contributed by atoms with van der Waals surface area (Å²) in [5, 5.41) is 7.11. The molecule has 0 unspecified atom stereocenters. The number of fused-ring (bicyclic) bond motifs is 6. The van der Waals surface area contributed by atoms with Crippen LogP contribution in [-0.2, 0) is 0 Å². The number of anilines is 3. The van der Waals surface area contributed by atoms with Gasteiger partial charge in [-0.25, -0.2) is 0 Å². The Kier molecular flexibility index (Phi) is 7.18. The molecule has 0 saturated carbocycles. The van der Waals surface area contributed by atoms with Gasteiger partial charge in [0.05, 0.1) is 0 Å². The summed E-state index contributed by atoms with van der Waals surface area (Å²) in [5.41, 5.74) is 12.3. The van der Waals surface area contributed by atoms with Crippen LogP contribution in [0.4, 0.5) is 17.1 Å². The molecule has 0 bridgehead atoms. The largest absolute Gasteiger partial charge is 0.455 e. The van der Waals surface area contributed by atoms with E-state index in [4.69, 9.17) is 4.42 Å². The molecule has 0 amide bonds. The van der Waals surface area contributed by atoms with E-state index in [9.17, 15) is 0 Å². The van der Waals surface area contributed by atoms with Crippen LogP contribution in [0, 0.1) is 0 Å². The Morgan fingerprint density at radius 1 is 0.288 bits per heavy atom. The lowest BCUT2D eigenvalue weighted by atomic mass is 9.99. The summed E-state index contributed by atoms with van der Waals surface area (Å²) < 4.78 is 6.32. The van der Waals surface area contributed by atoms with E-state index in [0.29, 0.717) is 0 Å². The maximum absolute atomic E-state index is 6.32. The molecule has 0 fully saturated rings. The van der Waals surface area contributed by atoms with Gasteiger partial charge in [0.15, 0.2) is 0 Å². The van der Waals surface area contributed by atoms with Crippen LogP contribution in [0.2, 0.25) is 0 Å². The number of nitrogens with zero attached hydrogens (tertiary/aromatic N) is 1. The van der Waals surface area contributed by atoms with Crippen LogP contribution in [-0.4, -0.2) is 0 Å². The second-order valence-electron chi connectivity index (χ2n) is 13.4. The molecule has 2 heteroatoms. The Morgan fingerprint density at radius 3 is 1.60 bits per heavy atom. The minimum atomic E-state index is 0.923. The van der Waals surface area contributed by atoms with Crippen molar-refractivity contribution in [1.82, 2.24) is 0 Å². The van der Waals surface area contributed by atoms with Gasteiger partial charge >= 0.3 is 0 Å². The number of hydrogen-bond acceptors (Lipinski definition) is 2. The fraction of sp³-hybridized carbons (Fsp3) is 0. The lowest BCUT2D eigenvalue weighted by molar-refractivity contribution is 0.672. The molecule has 0 N–H and O–H groups in total. The van der Waals surface area contributed by atoms with Crippen molar-refractivity contribution in [3.05, 3.63) is 200 Å². The fourth-order valence-electron chi connectivity index (χ4n) is 7.57. The van der Waals surface area contributed by atoms with Crippen molar-refractivity contribution in [3.8, 4) is 33.4 Å². The van der Waals surface area contributed by atoms with Crippen molar-refractivity contribution >= 4 is 60.5 Å². The normalized spacial score (nSPS) is 11.5. The zero-order chi connectivity index (χ0) is 34.4. The van der Waals surface area contributed by atoms with Crippen molar-refractivity contribution in [3.63, 3.8) is 0 Å². The molecule has 0 aliphatic heterocycles. The highest BCUT2D eigenvalue weighted by atomic mass is 16.3. The van der Waals surface area contributed by atoms with E-state index < -0.39 is 0 Å². The van der Waals surface area contributed by atoms with Gasteiger partial charge in [0, 0.05) is 33.2 Å². The minimum Gasteiger partial charge on any atom is -0.455 e. The lowest BCUT2D eigenvalue weighted by Gasteiger charge is -2.26. The van der Waals surface area contributed by atoms with E-state index in [1.807, 2.05) is 12.1 Å². The molecule has 0 atom stereocenters. The monoisotopic (exact) mass is 663 g/mol. The van der Waals surface area contributed by atoms with Crippen molar-refractivity contribution in [2.45, 2.75) is 0 Å². The molecule has 244 valence electrons. The van der Waals surface area contributed by atoms with E-state index in [-0.39, 0.29) is 0 Å². The van der Waals surface area contributed by atoms with E-state index in [1.54, 1.807) is 0 Å². The molecular weight excluding hydrogens is 631 g/mol. The minimum absolute atomic E-state index is 0.923. The summed E-state index contributed by atoms with van der Waals surface area (Å²) in [7, 11) is 0. The third-order valence-electron chi connectivity index (χ3n) is 10.2. The van der Waals surface area contributed by atoms with Crippen molar-refractivity contribution < 1.29 is 4.42 Å². The van der Waals surface area contributed by atoms with E-state index in [0.717, 1.165) is 44.4 Å². The van der Waals surface area contributed by atoms with Crippen LogP contribution in [0.5, 0.6) is 0 Å². The Bertz CT molecular complexity index is 2890.